The van der Waals surface area contributed by atoms with E-state index >= 15 is 0 Å². The van der Waals surface area contributed by atoms with Crippen LogP contribution in [0, 0.1) is 6.92 Å². The molecule has 3 heterocycles. The number of piperidine rings is 1. The van der Waals surface area contributed by atoms with Gasteiger partial charge in [0.1, 0.15) is 5.03 Å². The third-order valence-electron chi connectivity index (χ3n) is 7.78. The Labute approximate surface area is 244 Å². The normalized spacial score (nSPS) is 18.1. The van der Waals surface area contributed by atoms with Crippen LogP contribution in [-0.4, -0.2) is 87.5 Å². The monoisotopic (exact) mass is 573 g/mol. The van der Waals surface area contributed by atoms with Gasteiger partial charge in [0.15, 0.2) is 0 Å². The molecule has 1 N–H and O–H groups in total. The fraction of sp³-hybridized carbons (Fsp3) is 0.355. The summed E-state index contributed by atoms with van der Waals surface area (Å²) in [6.07, 6.45) is 1.68. The molecule has 2 fully saturated rings. The van der Waals surface area contributed by atoms with Crippen molar-refractivity contribution in [3.63, 3.8) is 0 Å². The summed E-state index contributed by atoms with van der Waals surface area (Å²) in [5.74, 6) is -0.937. The lowest BCUT2D eigenvalue weighted by Crippen LogP contribution is -2.48. The van der Waals surface area contributed by atoms with Crippen LogP contribution in [0.3, 0.4) is 0 Å². The molecule has 5 rings (SSSR count). The van der Waals surface area contributed by atoms with Crippen molar-refractivity contribution in [3.05, 3.63) is 89.1 Å². The van der Waals surface area contributed by atoms with E-state index < -0.39 is 5.97 Å². The number of hydrogen-bond donors (Lipinski definition) is 1. The smallest absolute Gasteiger partial charge is 0.335 e. The number of carbonyl (C=O) groups is 3. The number of hydrogen-bond acceptors (Lipinski definition) is 6. The number of carbonyl (C=O) groups excluding carboxylic acids is 2. The first kappa shape index (κ1) is 28.6. The molecular weight excluding hydrogens is 538 g/mol. The Morgan fingerprint density at radius 1 is 1.00 bits per heavy atom. The van der Waals surface area contributed by atoms with E-state index in [1.807, 2.05) is 48.2 Å². The van der Waals surface area contributed by atoms with Crippen LogP contribution >= 0.6 is 11.8 Å². The number of imide groups is 1. The molecule has 0 saturated carbocycles. The molecule has 0 bridgehead atoms. The first-order valence-electron chi connectivity index (χ1n) is 13.8. The first-order chi connectivity index (χ1) is 19.7. The summed E-state index contributed by atoms with van der Waals surface area (Å²) in [5, 5.41) is 9.96. The number of benzene rings is 2. The van der Waals surface area contributed by atoms with Crippen LogP contribution in [0.25, 0.3) is 0 Å². The average Bonchev–Trinajstić information content (AvgIpc) is 3.32. The molecule has 3 aromatic rings. The fourth-order valence-corrected chi connectivity index (χ4v) is 6.37. The molecule has 4 amide bonds. The highest BCUT2D eigenvalue weighted by Gasteiger charge is 2.45. The van der Waals surface area contributed by atoms with Gasteiger partial charge < -0.3 is 14.9 Å². The predicted molar refractivity (Wildman–Crippen MR) is 157 cm³/mol. The molecule has 2 aromatic carbocycles. The van der Waals surface area contributed by atoms with Gasteiger partial charge in [-0.15, -0.1) is 0 Å². The molecule has 0 unspecified atom stereocenters. The summed E-state index contributed by atoms with van der Waals surface area (Å²) in [5.41, 5.74) is 3.45. The number of aryl methyl sites for hydroxylation is 1. The van der Waals surface area contributed by atoms with Crippen LogP contribution in [0.4, 0.5) is 9.59 Å². The summed E-state index contributed by atoms with van der Waals surface area (Å²) >= 11 is 1.51. The van der Waals surface area contributed by atoms with Gasteiger partial charge >= 0.3 is 18.0 Å². The lowest BCUT2D eigenvalue weighted by atomic mass is 9.98. The minimum atomic E-state index is -0.937. The van der Waals surface area contributed by atoms with Crippen molar-refractivity contribution in [1.29, 1.82) is 0 Å². The highest BCUT2D eigenvalue weighted by atomic mass is 32.2. The summed E-state index contributed by atoms with van der Waals surface area (Å²) < 4.78 is 0. The predicted octanol–water partition coefficient (Wildman–Crippen LogP) is 5.36. The molecule has 0 aliphatic carbocycles. The molecule has 214 valence electrons. The molecule has 41 heavy (non-hydrogen) atoms. The van der Waals surface area contributed by atoms with Crippen molar-refractivity contribution in [2.75, 3.05) is 33.7 Å². The van der Waals surface area contributed by atoms with Crippen LogP contribution in [-0.2, 0) is 6.54 Å². The molecule has 9 nitrogen and oxygen atoms in total. The Balaban J connectivity index is 1.22. The van der Waals surface area contributed by atoms with Crippen LogP contribution in [0.5, 0.6) is 0 Å². The van der Waals surface area contributed by atoms with E-state index in [0.717, 1.165) is 59.2 Å². The number of rotatable bonds is 7. The minimum absolute atomic E-state index is 0.0643. The molecule has 10 heteroatoms. The number of amides is 4. The minimum Gasteiger partial charge on any atom is -0.478 e. The third-order valence-corrected chi connectivity index (χ3v) is 8.72. The van der Waals surface area contributed by atoms with Gasteiger partial charge in [-0.05, 0) is 61.2 Å². The number of aromatic nitrogens is 1. The Hall–Kier alpha value is -3.89. The van der Waals surface area contributed by atoms with E-state index in [4.69, 9.17) is 10.1 Å². The maximum atomic E-state index is 13.5. The molecule has 1 atom stereocenters. The fourth-order valence-electron chi connectivity index (χ4n) is 5.54. The van der Waals surface area contributed by atoms with Crippen LogP contribution in [0.1, 0.15) is 46.1 Å². The largest absolute Gasteiger partial charge is 0.478 e. The van der Waals surface area contributed by atoms with Crippen molar-refractivity contribution in [2.24, 2.45) is 0 Å². The second-order valence-electron chi connectivity index (χ2n) is 10.7. The molecule has 1 aromatic heterocycles. The third kappa shape index (κ3) is 6.39. The number of pyridine rings is 1. The van der Waals surface area contributed by atoms with Crippen molar-refractivity contribution >= 4 is 29.8 Å². The van der Waals surface area contributed by atoms with Gasteiger partial charge in [0.2, 0.25) is 0 Å². The van der Waals surface area contributed by atoms with E-state index in [1.165, 1.54) is 21.6 Å². The zero-order valence-corrected chi connectivity index (χ0v) is 24.4. The van der Waals surface area contributed by atoms with Gasteiger partial charge in [0.25, 0.3) is 0 Å². The Morgan fingerprint density at radius 2 is 1.68 bits per heavy atom. The van der Waals surface area contributed by atoms with Crippen LogP contribution < -0.4 is 0 Å². The maximum absolute atomic E-state index is 13.5. The van der Waals surface area contributed by atoms with Crippen molar-refractivity contribution in [1.82, 2.24) is 24.6 Å². The topological polar surface area (TPSA) is 97.3 Å². The van der Waals surface area contributed by atoms with Gasteiger partial charge in [-0.3, -0.25) is 4.90 Å². The molecular formula is C31H35N5O4S. The van der Waals surface area contributed by atoms with Crippen LogP contribution in [0.2, 0.25) is 0 Å². The summed E-state index contributed by atoms with van der Waals surface area (Å²) in [6, 6.07) is 20.3. The second kappa shape index (κ2) is 12.3. The van der Waals surface area contributed by atoms with Crippen molar-refractivity contribution in [3.8, 4) is 0 Å². The zero-order chi connectivity index (χ0) is 29.1. The van der Waals surface area contributed by atoms with Crippen molar-refractivity contribution < 1.29 is 19.5 Å². The quantitative estimate of drug-likeness (QED) is 0.406. The van der Waals surface area contributed by atoms with Crippen LogP contribution in [0.15, 0.2) is 76.7 Å². The standard InChI is InChI=1S/C31H35N5O4S/c1-21-24(11-14-28(32-21)41-26-12-9-23(10-13-26)29(37)38)19-34-17-15-25(16-18-34)36-27(22-7-5-4-6-8-22)20-35(31(36)40)30(39)33(2)3/h4-14,25,27H,15-20H2,1-3H3,(H,37,38)/t27-/m0/s1. The van der Waals surface area contributed by atoms with Gasteiger partial charge in [-0.25, -0.2) is 24.3 Å². The highest BCUT2D eigenvalue weighted by molar-refractivity contribution is 7.99. The highest BCUT2D eigenvalue weighted by Crippen LogP contribution is 2.35. The lowest BCUT2D eigenvalue weighted by Gasteiger charge is -2.39. The van der Waals surface area contributed by atoms with Gasteiger partial charge in [0, 0.05) is 50.4 Å². The molecule has 0 radical (unpaired) electrons. The number of aromatic carboxylic acids is 1. The van der Waals surface area contributed by atoms with Gasteiger partial charge in [0.05, 0.1) is 18.2 Å². The second-order valence-corrected chi connectivity index (χ2v) is 11.8. The number of carboxylic acid groups (broad SMARTS) is 1. The summed E-state index contributed by atoms with van der Waals surface area (Å²) in [4.78, 5) is 50.3. The number of carboxylic acids is 1. The summed E-state index contributed by atoms with van der Waals surface area (Å²) in [7, 11) is 3.35. The molecule has 2 aliphatic rings. The Morgan fingerprint density at radius 3 is 2.29 bits per heavy atom. The lowest BCUT2D eigenvalue weighted by molar-refractivity contribution is 0.0696. The first-order valence-corrected chi connectivity index (χ1v) is 14.6. The number of likely N-dealkylation sites (tertiary alicyclic amines) is 1. The maximum Gasteiger partial charge on any atom is 0.335 e. The van der Waals surface area contributed by atoms with Gasteiger partial charge in [-0.1, -0.05) is 48.2 Å². The van der Waals surface area contributed by atoms with E-state index in [-0.39, 0.29) is 29.7 Å². The Bertz CT molecular complexity index is 1410. The zero-order valence-electron chi connectivity index (χ0n) is 23.6. The Kier molecular flexibility index (Phi) is 8.60. The van der Waals surface area contributed by atoms with E-state index in [0.29, 0.717) is 6.54 Å². The number of urea groups is 2. The van der Waals surface area contributed by atoms with Crippen molar-refractivity contribution in [2.45, 2.75) is 48.3 Å². The molecule has 2 aliphatic heterocycles. The van der Waals surface area contributed by atoms with E-state index in [2.05, 4.69) is 11.0 Å². The summed E-state index contributed by atoms with van der Waals surface area (Å²) in [6.45, 7) is 4.86. The van der Waals surface area contributed by atoms with E-state index in [1.54, 1.807) is 38.4 Å². The SMILES string of the molecule is Cc1nc(Sc2ccc(C(=O)O)cc2)ccc1CN1CCC(N2C(=O)N(C(=O)N(C)C)C[C@H]2c2ccccc2)CC1. The van der Waals surface area contributed by atoms with E-state index in [9.17, 15) is 14.4 Å². The molecule has 0 spiro atoms. The van der Waals surface area contributed by atoms with Gasteiger partial charge in [-0.2, -0.15) is 0 Å². The number of nitrogens with zero attached hydrogens (tertiary/aromatic N) is 5. The average molecular weight is 574 g/mol. The molecule has 2 saturated heterocycles.